The average Bonchev–Trinajstić information content (AvgIpc) is 2.91. The molecule has 0 saturated heterocycles. The molecule has 1 aromatic heterocycles. The van der Waals surface area contributed by atoms with Gasteiger partial charge in [0.1, 0.15) is 0 Å². The highest BCUT2D eigenvalue weighted by atomic mass is 32.1. The van der Waals surface area contributed by atoms with Gasteiger partial charge in [-0.3, -0.25) is 4.79 Å². The number of hydrogen-bond acceptors (Lipinski definition) is 3. The zero-order chi connectivity index (χ0) is 16.2. The lowest BCUT2D eigenvalue weighted by atomic mass is 10.1. The molecule has 0 spiro atoms. The van der Waals surface area contributed by atoms with Gasteiger partial charge in [0.25, 0.3) is 0 Å². The van der Waals surface area contributed by atoms with Crippen LogP contribution in [0.3, 0.4) is 0 Å². The summed E-state index contributed by atoms with van der Waals surface area (Å²) < 4.78 is 2.01. The molecule has 23 heavy (non-hydrogen) atoms. The first-order valence-electron chi connectivity index (χ1n) is 7.28. The summed E-state index contributed by atoms with van der Waals surface area (Å²) in [6.45, 7) is 1.45. The Morgan fingerprint density at radius 3 is 2.13 bits per heavy atom. The minimum absolute atomic E-state index is 0.180. The van der Waals surface area contributed by atoms with Crippen molar-refractivity contribution in [1.29, 1.82) is 0 Å². The van der Waals surface area contributed by atoms with Gasteiger partial charge < -0.3 is 4.57 Å². The van der Waals surface area contributed by atoms with Gasteiger partial charge in [0.2, 0.25) is 10.7 Å². The van der Waals surface area contributed by atoms with Crippen LogP contribution in [0.15, 0.2) is 65.8 Å². The minimum atomic E-state index is -0.180. The Morgan fingerprint density at radius 2 is 1.57 bits per heavy atom. The van der Waals surface area contributed by atoms with Crippen LogP contribution in [0.4, 0.5) is 0 Å². The molecule has 2 aromatic carbocycles. The van der Waals surface area contributed by atoms with Gasteiger partial charge in [-0.25, -0.2) is 5.43 Å². The molecule has 5 heteroatoms. The molecule has 0 saturated carbocycles. The van der Waals surface area contributed by atoms with Gasteiger partial charge in [-0.15, -0.1) is 5.10 Å². The van der Waals surface area contributed by atoms with Gasteiger partial charge in [0, 0.05) is 14.0 Å². The zero-order valence-corrected chi connectivity index (χ0v) is 13.8. The van der Waals surface area contributed by atoms with Crippen molar-refractivity contribution < 1.29 is 4.79 Å². The molecule has 0 aliphatic carbocycles. The molecule has 4 nitrogen and oxygen atoms in total. The van der Waals surface area contributed by atoms with Crippen LogP contribution < -0.4 is 10.2 Å². The largest absolute Gasteiger partial charge is 0.318 e. The number of thiazole rings is 1. The summed E-state index contributed by atoms with van der Waals surface area (Å²) in [5.41, 5.74) is 5.87. The van der Waals surface area contributed by atoms with Gasteiger partial charge in [-0.2, -0.15) is 0 Å². The van der Waals surface area contributed by atoms with E-state index >= 15 is 0 Å². The fourth-order valence-corrected chi connectivity index (χ4v) is 3.49. The number of carbonyl (C=O) groups is 1. The summed E-state index contributed by atoms with van der Waals surface area (Å²) in [6, 6.07) is 20.4. The summed E-state index contributed by atoms with van der Waals surface area (Å²) in [7, 11) is 1.96. The Bertz CT molecular complexity index is 880. The maximum atomic E-state index is 11.2. The van der Waals surface area contributed by atoms with Crippen LogP contribution in [0.5, 0.6) is 0 Å². The van der Waals surface area contributed by atoms with E-state index in [0.29, 0.717) is 0 Å². The summed E-state index contributed by atoms with van der Waals surface area (Å²) in [5.74, 6) is -0.180. The Hall–Kier alpha value is -2.66. The lowest BCUT2D eigenvalue weighted by molar-refractivity contribution is -0.119. The van der Waals surface area contributed by atoms with Gasteiger partial charge in [0.05, 0.1) is 10.6 Å². The average molecular weight is 323 g/mol. The highest BCUT2D eigenvalue weighted by Gasteiger charge is 2.14. The van der Waals surface area contributed by atoms with Crippen molar-refractivity contribution in [3.8, 4) is 21.7 Å². The molecular weight excluding hydrogens is 306 g/mol. The first kappa shape index (κ1) is 15.2. The molecule has 0 aliphatic heterocycles. The van der Waals surface area contributed by atoms with Crippen molar-refractivity contribution in [1.82, 2.24) is 9.99 Å². The first-order valence-corrected chi connectivity index (χ1v) is 8.09. The molecule has 116 valence electrons. The van der Waals surface area contributed by atoms with Crippen LogP contribution in [0.25, 0.3) is 21.7 Å². The second-order valence-corrected chi connectivity index (χ2v) is 6.11. The lowest BCUT2D eigenvalue weighted by Crippen LogP contribution is -2.21. The zero-order valence-electron chi connectivity index (χ0n) is 13.0. The SMILES string of the molecule is CC(=O)NN=c1sc(-c2ccccc2)c(-c2ccccc2)n1C. The van der Waals surface area contributed by atoms with E-state index < -0.39 is 0 Å². The molecular formula is C18H17N3OS. The summed E-state index contributed by atoms with van der Waals surface area (Å²) >= 11 is 1.56. The minimum Gasteiger partial charge on any atom is -0.318 e. The standard InChI is InChI=1S/C18H17N3OS/c1-13(22)19-20-18-21(2)16(14-9-5-3-6-10-14)17(23-18)15-11-7-4-8-12-15/h3-12H,1-2H3,(H,19,22). The number of benzene rings is 2. The number of aromatic nitrogens is 1. The van der Waals surface area contributed by atoms with E-state index in [-0.39, 0.29) is 5.91 Å². The Labute approximate surface area is 138 Å². The monoisotopic (exact) mass is 323 g/mol. The van der Waals surface area contributed by atoms with Crippen molar-refractivity contribution in [2.24, 2.45) is 12.1 Å². The molecule has 0 radical (unpaired) electrons. The normalized spacial score (nSPS) is 11.5. The van der Waals surface area contributed by atoms with E-state index in [4.69, 9.17) is 0 Å². The lowest BCUT2D eigenvalue weighted by Gasteiger charge is -2.07. The van der Waals surface area contributed by atoms with E-state index in [9.17, 15) is 4.79 Å². The second kappa shape index (κ2) is 6.62. The van der Waals surface area contributed by atoms with Crippen molar-refractivity contribution in [3.63, 3.8) is 0 Å². The van der Waals surface area contributed by atoms with Crippen LogP contribution in [0.1, 0.15) is 6.92 Å². The van der Waals surface area contributed by atoms with Crippen molar-refractivity contribution in [2.75, 3.05) is 0 Å². The van der Waals surface area contributed by atoms with E-state index in [2.05, 4.69) is 34.8 Å². The number of hydrogen-bond donors (Lipinski definition) is 1. The van der Waals surface area contributed by atoms with E-state index in [1.165, 1.54) is 6.92 Å². The van der Waals surface area contributed by atoms with Gasteiger partial charge in [-0.05, 0) is 11.1 Å². The molecule has 0 aliphatic rings. The maximum Gasteiger partial charge on any atom is 0.237 e. The van der Waals surface area contributed by atoms with E-state index in [0.717, 1.165) is 26.5 Å². The highest BCUT2D eigenvalue weighted by Crippen LogP contribution is 2.33. The summed E-state index contributed by atoms with van der Waals surface area (Å²) in [4.78, 5) is 13.0. The van der Waals surface area contributed by atoms with E-state index in [1.54, 1.807) is 11.3 Å². The number of amides is 1. The molecule has 0 atom stereocenters. The number of rotatable bonds is 3. The predicted octanol–water partition coefficient (Wildman–Crippen LogP) is 3.37. The molecule has 0 fully saturated rings. The third-order valence-corrected chi connectivity index (χ3v) is 4.60. The second-order valence-electron chi connectivity index (χ2n) is 5.13. The number of carbonyl (C=O) groups excluding carboxylic acids is 1. The quantitative estimate of drug-likeness (QED) is 0.738. The maximum absolute atomic E-state index is 11.2. The summed E-state index contributed by atoms with van der Waals surface area (Å²) in [5, 5.41) is 4.22. The fourth-order valence-electron chi connectivity index (χ4n) is 2.39. The van der Waals surface area contributed by atoms with Crippen LogP contribution >= 0.6 is 11.3 Å². The third-order valence-electron chi connectivity index (χ3n) is 3.42. The predicted molar refractivity (Wildman–Crippen MR) is 93.5 cm³/mol. The van der Waals surface area contributed by atoms with Crippen molar-refractivity contribution in [2.45, 2.75) is 6.92 Å². The third kappa shape index (κ3) is 3.24. The van der Waals surface area contributed by atoms with Crippen molar-refractivity contribution >= 4 is 17.2 Å². The number of nitrogens with one attached hydrogen (secondary N) is 1. The Balaban J connectivity index is 2.24. The number of nitrogens with zero attached hydrogens (tertiary/aromatic N) is 2. The Morgan fingerprint density at radius 1 is 1.00 bits per heavy atom. The molecule has 1 amide bonds. The van der Waals surface area contributed by atoms with Gasteiger partial charge in [-0.1, -0.05) is 72.0 Å². The first-order chi connectivity index (χ1) is 11.2. The van der Waals surface area contributed by atoms with Crippen LogP contribution in [-0.4, -0.2) is 10.5 Å². The Kier molecular flexibility index (Phi) is 4.39. The van der Waals surface area contributed by atoms with Crippen LogP contribution in [0, 0.1) is 0 Å². The van der Waals surface area contributed by atoms with Crippen LogP contribution in [0.2, 0.25) is 0 Å². The van der Waals surface area contributed by atoms with E-state index in [1.807, 2.05) is 48.0 Å². The topological polar surface area (TPSA) is 46.4 Å². The molecule has 1 heterocycles. The van der Waals surface area contributed by atoms with Gasteiger partial charge in [0.15, 0.2) is 0 Å². The van der Waals surface area contributed by atoms with Gasteiger partial charge >= 0.3 is 0 Å². The fraction of sp³-hybridized carbons (Fsp3) is 0.111. The highest BCUT2D eigenvalue weighted by molar-refractivity contribution is 7.13. The van der Waals surface area contributed by atoms with Crippen LogP contribution in [-0.2, 0) is 11.8 Å². The molecule has 3 rings (SSSR count). The van der Waals surface area contributed by atoms with Crippen molar-refractivity contribution in [3.05, 3.63) is 65.5 Å². The molecule has 0 unspecified atom stereocenters. The molecule has 3 aromatic rings. The summed E-state index contributed by atoms with van der Waals surface area (Å²) in [6.07, 6.45) is 0. The molecule has 1 N–H and O–H groups in total. The smallest absolute Gasteiger partial charge is 0.237 e. The molecule has 0 bridgehead atoms.